The number of ketones is 1. The molecule has 1 aliphatic heterocycles. The van der Waals surface area contributed by atoms with Gasteiger partial charge in [-0.05, 0) is 31.0 Å². The molecule has 5 nitrogen and oxygen atoms in total. The second-order valence-corrected chi connectivity index (χ2v) is 9.97. The molecule has 2 aromatic rings. The molecule has 1 fully saturated rings. The summed E-state index contributed by atoms with van der Waals surface area (Å²) in [4.78, 5) is 16.7. The largest absolute Gasteiger partial charge is 0.299 e. The molecule has 1 saturated heterocycles. The van der Waals surface area contributed by atoms with Gasteiger partial charge in [-0.3, -0.25) is 4.79 Å². The molecule has 0 atom stereocenters. The minimum absolute atomic E-state index is 0.0866. The Morgan fingerprint density at radius 3 is 2.42 bits per heavy atom. The predicted molar refractivity (Wildman–Crippen MR) is 103 cm³/mol. The summed E-state index contributed by atoms with van der Waals surface area (Å²) in [6.45, 7) is 0.639. The molecule has 140 valence electrons. The first-order chi connectivity index (χ1) is 12.4. The second kappa shape index (κ2) is 8.35. The summed E-state index contributed by atoms with van der Waals surface area (Å²) < 4.78 is 26.9. The van der Waals surface area contributed by atoms with Crippen molar-refractivity contribution in [2.24, 2.45) is 5.92 Å². The van der Waals surface area contributed by atoms with E-state index in [4.69, 9.17) is 23.2 Å². The van der Waals surface area contributed by atoms with Crippen LogP contribution in [0.25, 0.3) is 0 Å². The summed E-state index contributed by atoms with van der Waals surface area (Å²) in [7, 11) is -3.66. The number of carbonyl (C=O) groups is 1. The van der Waals surface area contributed by atoms with Crippen molar-refractivity contribution < 1.29 is 13.2 Å². The molecule has 0 bridgehead atoms. The highest BCUT2D eigenvalue weighted by atomic mass is 35.5. The van der Waals surface area contributed by atoms with E-state index in [-0.39, 0.29) is 26.6 Å². The number of Topliss-reactive ketones (excluding diaryl/α,β-unsaturated/α-hetero) is 1. The van der Waals surface area contributed by atoms with Crippen LogP contribution in [0.1, 0.15) is 24.3 Å². The van der Waals surface area contributed by atoms with Gasteiger partial charge in [-0.15, -0.1) is 11.3 Å². The Bertz CT molecular complexity index is 857. The normalized spacial score (nSPS) is 16.7. The first-order valence-corrected chi connectivity index (χ1v) is 11.3. The molecule has 0 saturated carbocycles. The van der Waals surface area contributed by atoms with Crippen molar-refractivity contribution in [2.45, 2.75) is 30.6 Å². The Hall–Kier alpha value is -0.990. The highest BCUT2D eigenvalue weighted by Gasteiger charge is 2.32. The topological polar surface area (TPSA) is 67.3 Å². The first-order valence-electron chi connectivity index (χ1n) is 8.23. The Kier molecular flexibility index (Phi) is 6.35. The standard InChI is InChI=1S/C17H18Cl2N2O3S2/c18-13-9-14(19)11-15(10-13)26(23,24)21-6-3-12(4-7-21)16(22)1-2-17-20-5-8-25-17/h5,8-12H,1-4,6-7H2. The Labute approximate surface area is 167 Å². The number of halogens is 2. The number of sulfonamides is 1. The number of hydrogen-bond acceptors (Lipinski definition) is 5. The van der Waals surface area contributed by atoms with Crippen LogP contribution in [0, 0.1) is 5.92 Å². The third-order valence-corrected chi connectivity index (χ3v) is 7.60. The Morgan fingerprint density at radius 2 is 1.85 bits per heavy atom. The van der Waals surface area contributed by atoms with E-state index in [1.807, 2.05) is 5.38 Å². The van der Waals surface area contributed by atoms with Crippen LogP contribution in [0.15, 0.2) is 34.7 Å². The van der Waals surface area contributed by atoms with E-state index in [0.717, 1.165) is 5.01 Å². The third kappa shape index (κ3) is 4.64. The van der Waals surface area contributed by atoms with Crippen LogP contribution in [-0.4, -0.2) is 36.6 Å². The van der Waals surface area contributed by atoms with Gasteiger partial charge in [-0.1, -0.05) is 23.2 Å². The van der Waals surface area contributed by atoms with Gasteiger partial charge < -0.3 is 0 Å². The van der Waals surface area contributed by atoms with Gasteiger partial charge in [-0.25, -0.2) is 13.4 Å². The summed E-state index contributed by atoms with van der Waals surface area (Å²) in [5.41, 5.74) is 0. The summed E-state index contributed by atoms with van der Waals surface area (Å²) in [6, 6.07) is 4.29. The first kappa shape index (κ1) is 19.8. The summed E-state index contributed by atoms with van der Waals surface area (Å²) in [6.07, 6.45) is 3.90. The molecule has 0 unspecified atom stereocenters. The minimum atomic E-state index is -3.66. The number of rotatable bonds is 6. The quantitative estimate of drug-likeness (QED) is 0.689. The average molecular weight is 433 g/mol. The molecule has 26 heavy (non-hydrogen) atoms. The van der Waals surface area contributed by atoms with Crippen molar-refractivity contribution in [2.75, 3.05) is 13.1 Å². The van der Waals surface area contributed by atoms with Gasteiger partial charge in [0.25, 0.3) is 0 Å². The van der Waals surface area contributed by atoms with E-state index in [9.17, 15) is 13.2 Å². The number of aryl methyl sites for hydroxylation is 1. The van der Waals surface area contributed by atoms with Gasteiger partial charge in [0.2, 0.25) is 10.0 Å². The molecule has 0 spiro atoms. The number of aromatic nitrogens is 1. The van der Waals surface area contributed by atoms with Crippen LogP contribution < -0.4 is 0 Å². The molecule has 1 aromatic carbocycles. The zero-order valence-electron chi connectivity index (χ0n) is 13.9. The lowest BCUT2D eigenvalue weighted by molar-refractivity contribution is -0.123. The van der Waals surface area contributed by atoms with E-state index in [0.29, 0.717) is 38.8 Å². The van der Waals surface area contributed by atoms with Gasteiger partial charge >= 0.3 is 0 Å². The molecule has 2 heterocycles. The molecular formula is C17H18Cl2N2O3S2. The highest BCUT2D eigenvalue weighted by Crippen LogP contribution is 2.28. The average Bonchev–Trinajstić information content (AvgIpc) is 3.12. The van der Waals surface area contributed by atoms with Crippen molar-refractivity contribution in [3.05, 3.63) is 44.8 Å². The van der Waals surface area contributed by atoms with Gasteiger partial charge in [-0.2, -0.15) is 4.31 Å². The van der Waals surface area contributed by atoms with Crippen LogP contribution in [0.3, 0.4) is 0 Å². The van der Waals surface area contributed by atoms with Crippen molar-refractivity contribution in [1.82, 2.24) is 9.29 Å². The lowest BCUT2D eigenvalue weighted by Crippen LogP contribution is -2.40. The van der Waals surface area contributed by atoms with Crippen LogP contribution in [-0.2, 0) is 21.2 Å². The molecule has 3 rings (SSSR count). The molecule has 1 aromatic heterocycles. The maximum atomic E-state index is 12.8. The van der Waals surface area contributed by atoms with E-state index < -0.39 is 10.0 Å². The highest BCUT2D eigenvalue weighted by molar-refractivity contribution is 7.89. The van der Waals surface area contributed by atoms with E-state index in [2.05, 4.69) is 4.98 Å². The van der Waals surface area contributed by atoms with Crippen molar-refractivity contribution >= 4 is 50.3 Å². The van der Waals surface area contributed by atoms with Crippen LogP contribution in [0.4, 0.5) is 0 Å². The van der Waals surface area contributed by atoms with E-state index >= 15 is 0 Å². The number of carbonyl (C=O) groups excluding carboxylic acids is 1. The Morgan fingerprint density at radius 1 is 1.19 bits per heavy atom. The smallest absolute Gasteiger partial charge is 0.243 e. The van der Waals surface area contributed by atoms with Crippen molar-refractivity contribution in [1.29, 1.82) is 0 Å². The minimum Gasteiger partial charge on any atom is -0.299 e. The van der Waals surface area contributed by atoms with Gasteiger partial charge in [0.05, 0.1) is 9.90 Å². The SMILES string of the molecule is O=C(CCc1nccs1)C1CCN(S(=O)(=O)c2cc(Cl)cc(Cl)c2)CC1. The molecule has 0 amide bonds. The number of thiazole rings is 1. The van der Waals surface area contributed by atoms with E-state index in [1.54, 1.807) is 17.5 Å². The van der Waals surface area contributed by atoms with Crippen LogP contribution >= 0.6 is 34.5 Å². The zero-order valence-corrected chi connectivity index (χ0v) is 17.0. The fraction of sp³-hybridized carbons (Fsp3) is 0.412. The summed E-state index contributed by atoms with van der Waals surface area (Å²) in [5.74, 6) is 0.0902. The van der Waals surface area contributed by atoms with Gasteiger partial charge in [0.1, 0.15) is 5.78 Å². The van der Waals surface area contributed by atoms with Crippen molar-refractivity contribution in [3.8, 4) is 0 Å². The third-order valence-electron chi connectivity index (χ3n) is 4.45. The van der Waals surface area contributed by atoms with Gasteiger partial charge in [0.15, 0.2) is 0 Å². The summed E-state index contributed by atoms with van der Waals surface area (Å²) >= 11 is 13.4. The number of nitrogens with zero attached hydrogens (tertiary/aromatic N) is 2. The maximum absolute atomic E-state index is 12.8. The zero-order chi connectivity index (χ0) is 18.7. The molecule has 0 radical (unpaired) electrons. The monoisotopic (exact) mass is 432 g/mol. The van der Waals surface area contributed by atoms with Crippen LogP contribution in [0.2, 0.25) is 10.0 Å². The van der Waals surface area contributed by atoms with E-state index in [1.165, 1.54) is 22.5 Å². The molecular weight excluding hydrogens is 415 g/mol. The van der Waals surface area contributed by atoms with Gasteiger partial charge in [0, 0.05) is 53.5 Å². The maximum Gasteiger partial charge on any atom is 0.243 e. The molecule has 0 N–H and O–H groups in total. The summed E-state index contributed by atoms with van der Waals surface area (Å²) in [5, 5.41) is 3.41. The lowest BCUT2D eigenvalue weighted by atomic mass is 9.91. The fourth-order valence-corrected chi connectivity index (χ4v) is 5.87. The van der Waals surface area contributed by atoms with Crippen LogP contribution in [0.5, 0.6) is 0 Å². The molecule has 9 heteroatoms. The lowest BCUT2D eigenvalue weighted by Gasteiger charge is -2.30. The number of piperidine rings is 1. The predicted octanol–water partition coefficient (Wildman–Crippen LogP) is 4.05. The number of benzene rings is 1. The molecule has 1 aliphatic rings. The fourth-order valence-electron chi connectivity index (χ4n) is 3.06. The van der Waals surface area contributed by atoms with Crippen molar-refractivity contribution in [3.63, 3.8) is 0 Å². The number of hydrogen-bond donors (Lipinski definition) is 0. The Balaban J connectivity index is 1.59. The second-order valence-electron chi connectivity index (χ2n) is 6.18. The molecule has 0 aliphatic carbocycles.